The van der Waals surface area contributed by atoms with E-state index in [9.17, 15) is 13.2 Å². The SMILES string of the molecule is NCc1ncccc1N1CCCC(C(F)(F)F)C1. The molecule has 1 saturated heterocycles. The average Bonchev–Trinajstić information content (AvgIpc) is 2.38. The molecule has 0 bridgehead atoms. The van der Waals surface area contributed by atoms with Gasteiger partial charge < -0.3 is 10.6 Å². The molecule has 1 aliphatic rings. The van der Waals surface area contributed by atoms with E-state index >= 15 is 0 Å². The van der Waals surface area contributed by atoms with Crippen molar-refractivity contribution in [2.45, 2.75) is 25.6 Å². The van der Waals surface area contributed by atoms with Crippen molar-refractivity contribution in [3.8, 4) is 0 Å². The highest BCUT2D eigenvalue weighted by molar-refractivity contribution is 5.50. The molecule has 100 valence electrons. The largest absolute Gasteiger partial charge is 0.393 e. The number of anilines is 1. The van der Waals surface area contributed by atoms with Crippen LogP contribution in [-0.2, 0) is 6.54 Å². The molecule has 0 aliphatic carbocycles. The Morgan fingerprint density at radius 3 is 2.89 bits per heavy atom. The van der Waals surface area contributed by atoms with Crippen molar-refractivity contribution >= 4 is 5.69 Å². The van der Waals surface area contributed by atoms with Gasteiger partial charge in [0.1, 0.15) is 0 Å². The molecule has 0 saturated carbocycles. The van der Waals surface area contributed by atoms with E-state index in [1.165, 1.54) is 0 Å². The zero-order valence-corrected chi connectivity index (χ0v) is 9.95. The summed E-state index contributed by atoms with van der Waals surface area (Å²) in [5, 5.41) is 0. The Balaban J connectivity index is 2.18. The first-order chi connectivity index (χ1) is 8.52. The van der Waals surface area contributed by atoms with Crippen LogP contribution in [0.4, 0.5) is 18.9 Å². The van der Waals surface area contributed by atoms with Crippen molar-refractivity contribution in [2.75, 3.05) is 18.0 Å². The molecule has 1 aromatic heterocycles. The predicted octanol–water partition coefficient (Wildman–Crippen LogP) is 2.32. The van der Waals surface area contributed by atoms with E-state index in [1.807, 2.05) is 0 Å². The van der Waals surface area contributed by atoms with Gasteiger partial charge in [0, 0.05) is 25.8 Å². The lowest BCUT2D eigenvalue weighted by Crippen LogP contribution is -2.42. The second kappa shape index (κ2) is 5.14. The molecule has 1 atom stereocenters. The Morgan fingerprint density at radius 1 is 1.44 bits per heavy atom. The summed E-state index contributed by atoms with van der Waals surface area (Å²) in [7, 11) is 0. The van der Waals surface area contributed by atoms with Crippen molar-refractivity contribution in [3.05, 3.63) is 24.0 Å². The van der Waals surface area contributed by atoms with Gasteiger partial charge in [-0.1, -0.05) is 0 Å². The molecule has 1 aromatic rings. The Labute approximate surface area is 104 Å². The number of halogens is 3. The Bertz CT molecular complexity index is 406. The van der Waals surface area contributed by atoms with E-state index in [4.69, 9.17) is 5.73 Å². The smallest absolute Gasteiger partial charge is 0.369 e. The lowest BCUT2D eigenvalue weighted by Gasteiger charge is -2.35. The van der Waals surface area contributed by atoms with E-state index in [0.29, 0.717) is 18.7 Å². The van der Waals surface area contributed by atoms with Crippen LogP contribution in [0.15, 0.2) is 18.3 Å². The van der Waals surface area contributed by atoms with Crippen LogP contribution >= 0.6 is 0 Å². The Kier molecular flexibility index (Phi) is 3.75. The molecule has 0 spiro atoms. The number of nitrogens with zero attached hydrogens (tertiary/aromatic N) is 2. The van der Waals surface area contributed by atoms with E-state index in [0.717, 1.165) is 5.69 Å². The van der Waals surface area contributed by atoms with Crippen LogP contribution in [0.5, 0.6) is 0 Å². The molecule has 3 nitrogen and oxygen atoms in total. The normalized spacial score (nSPS) is 21.1. The lowest BCUT2D eigenvalue weighted by atomic mass is 9.97. The summed E-state index contributed by atoms with van der Waals surface area (Å²) in [6.07, 6.45) is -1.76. The molecule has 2 heterocycles. The van der Waals surface area contributed by atoms with Crippen molar-refractivity contribution in [2.24, 2.45) is 11.7 Å². The molecule has 1 fully saturated rings. The van der Waals surface area contributed by atoms with E-state index < -0.39 is 12.1 Å². The number of rotatable bonds is 2. The maximum atomic E-state index is 12.7. The highest BCUT2D eigenvalue weighted by Crippen LogP contribution is 2.35. The molecule has 2 rings (SSSR count). The molecule has 6 heteroatoms. The number of hydrogen-bond donors (Lipinski definition) is 1. The number of piperidine rings is 1. The highest BCUT2D eigenvalue weighted by Gasteiger charge is 2.42. The van der Waals surface area contributed by atoms with Gasteiger partial charge in [0.15, 0.2) is 0 Å². The molecule has 0 radical (unpaired) electrons. The fourth-order valence-corrected chi connectivity index (χ4v) is 2.34. The summed E-state index contributed by atoms with van der Waals surface area (Å²) in [6.45, 7) is 0.872. The first-order valence-electron chi connectivity index (χ1n) is 5.98. The van der Waals surface area contributed by atoms with Gasteiger partial charge in [-0.25, -0.2) is 0 Å². The number of hydrogen-bond acceptors (Lipinski definition) is 3. The van der Waals surface area contributed by atoms with Crippen LogP contribution in [0.2, 0.25) is 0 Å². The number of nitrogens with two attached hydrogens (primary N) is 1. The first kappa shape index (κ1) is 13.1. The zero-order valence-electron chi connectivity index (χ0n) is 9.95. The third-order valence-corrected chi connectivity index (χ3v) is 3.28. The second-order valence-corrected chi connectivity index (χ2v) is 4.50. The van der Waals surface area contributed by atoms with Gasteiger partial charge in [-0.2, -0.15) is 13.2 Å². The molecular weight excluding hydrogens is 243 g/mol. The minimum Gasteiger partial charge on any atom is -0.369 e. The average molecular weight is 259 g/mol. The third-order valence-electron chi connectivity index (χ3n) is 3.28. The second-order valence-electron chi connectivity index (χ2n) is 4.50. The van der Waals surface area contributed by atoms with Gasteiger partial charge >= 0.3 is 6.18 Å². The number of alkyl halides is 3. The summed E-state index contributed by atoms with van der Waals surface area (Å²) in [6, 6.07) is 3.51. The molecule has 0 aromatic carbocycles. The van der Waals surface area contributed by atoms with E-state index in [2.05, 4.69) is 4.98 Å². The minimum absolute atomic E-state index is 0.00218. The van der Waals surface area contributed by atoms with Crippen molar-refractivity contribution < 1.29 is 13.2 Å². The van der Waals surface area contributed by atoms with Crippen LogP contribution in [0.1, 0.15) is 18.5 Å². The Morgan fingerprint density at radius 2 is 2.22 bits per heavy atom. The van der Waals surface area contributed by atoms with Gasteiger partial charge in [0.25, 0.3) is 0 Å². The maximum Gasteiger partial charge on any atom is 0.393 e. The fraction of sp³-hybridized carbons (Fsp3) is 0.583. The van der Waals surface area contributed by atoms with Crippen LogP contribution in [-0.4, -0.2) is 24.2 Å². The van der Waals surface area contributed by atoms with Crippen LogP contribution in [0, 0.1) is 5.92 Å². The summed E-state index contributed by atoms with van der Waals surface area (Å²) in [5.74, 6) is -1.25. The highest BCUT2D eigenvalue weighted by atomic mass is 19.4. The molecule has 2 N–H and O–H groups in total. The van der Waals surface area contributed by atoms with Crippen LogP contribution in [0.25, 0.3) is 0 Å². The quantitative estimate of drug-likeness (QED) is 0.886. The van der Waals surface area contributed by atoms with Gasteiger partial charge in [0.2, 0.25) is 0 Å². The Hall–Kier alpha value is -1.30. The van der Waals surface area contributed by atoms with Crippen LogP contribution in [0.3, 0.4) is 0 Å². The van der Waals surface area contributed by atoms with Gasteiger partial charge in [-0.3, -0.25) is 4.98 Å². The third kappa shape index (κ3) is 2.75. The predicted molar refractivity (Wildman–Crippen MR) is 63.1 cm³/mol. The summed E-state index contributed by atoms with van der Waals surface area (Å²) in [5.41, 5.74) is 6.95. The van der Waals surface area contributed by atoms with Crippen LogP contribution < -0.4 is 10.6 Å². The number of pyridine rings is 1. The lowest BCUT2D eigenvalue weighted by molar-refractivity contribution is -0.176. The number of aromatic nitrogens is 1. The van der Waals surface area contributed by atoms with Gasteiger partial charge in [0.05, 0.1) is 17.3 Å². The molecule has 18 heavy (non-hydrogen) atoms. The van der Waals surface area contributed by atoms with E-state index in [1.54, 1.807) is 23.2 Å². The monoisotopic (exact) mass is 259 g/mol. The van der Waals surface area contributed by atoms with Crippen molar-refractivity contribution in [3.63, 3.8) is 0 Å². The van der Waals surface area contributed by atoms with Gasteiger partial charge in [-0.15, -0.1) is 0 Å². The summed E-state index contributed by atoms with van der Waals surface area (Å²) in [4.78, 5) is 5.86. The van der Waals surface area contributed by atoms with E-state index in [-0.39, 0.29) is 19.5 Å². The first-order valence-corrected chi connectivity index (χ1v) is 5.98. The molecule has 1 aliphatic heterocycles. The van der Waals surface area contributed by atoms with Crippen molar-refractivity contribution in [1.29, 1.82) is 0 Å². The topological polar surface area (TPSA) is 42.1 Å². The van der Waals surface area contributed by atoms with Gasteiger partial charge in [-0.05, 0) is 25.0 Å². The molecular formula is C12H16F3N3. The summed E-state index contributed by atoms with van der Waals surface area (Å²) < 4.78 is 38.2. The standard InChI is InChI=1S/C12H16F3N3/c13-12(14,15)9-3-2-6-18(8-9)11-4-1-5-17-10(11)7-16/h1,4-5,9H,2-3,6-8,16H2. The summed E-state index contributed by atoms with van der Waals surface area (Å²) >= 11 is 0. The maximum absolute atomic E-state index is 12.7. The fourth-order valence-electron chi connectivity index (χ4n) is 2.34. The van der Waals surface area contributed by atoms with Crippen molar-refractivity contribution in [1.82, 2.24) is 4.98 Å². The minimum atomic E-state index is -4.12. The molecule has 1 unspecified atom stereocenters. The molecule has 0 amide bonds. The zero-order chi connectivity index (χ0) is 13.2.